The first-order valence-electron chi connectivity index (χ1n) is 7.57. The van der Waals surface area contributed by atoms with E-state index in [9.17, 15) is 19.2 Å². The van der Waals surface area contributed by atoms with E-state index in [4.69, 9.17) is 0 Å². The van der Waals surface area contributed by atoms with Crippen LogP contribution in [0.4, 0.5) is 4.79 Å². The summed E-state index contributed by atoms with van der Waals surface area (Å²) >= 11 is 0. The van der Waals surface area contributed by atoms with Crippen LogP contribution < -0.4 is 10.6 Å². The second-order valence-corrected chi connectivity index (χ2v) is 5.93. The fourth-order valence-electron chi connectivity index (χ4n) is 3.19. The van der Waals surface area contributed by atoms with E-state index in [1.165, 1.54) is 0 Å². The van der Waals surface area contributed by atoms with Gasteiger partial charge in [-0.1, -0.05) is 18.2 Å². The molecule has 2 saturated heterocycles. The van der Waals surface area contributed by atoms with Crippen molar-refractivity contribution in [1.82, 2.24) is 20.5 Å². The van der Waals surface area contributed by atoms with Crippen LogP contribution >= 0.6 is 0 Å². The molecular weight excluding hydrogens is 312 g/mol. The Morgan fingerprint density at radius 1 is 1.12 bits per heavy atom. The summed E-state index contributed by atoms with van der Waals surface area (Å²) in [6.07, 6.45) is 0.106. The maximum absolute atomic E-state index is 12.5. The van der Waals surface area contributed by atoms with E-state index in [0.29, 0.717) is 0 Å². The first-order chi connectivity index (χ1) is 11.5. The monoisotopic (exact) mass is 326 g/mol. The van der Waals surface area contributed by atoms with E-state index in [-0.39, 0.29) is 12.8 Å². The Bertz CT molecular complexity index is 854. The number of hydrogen-bond donors (Lipinski definition) is 3. The molecule has 1 aromatic heterocycles. The van der Waals surface area contributed by atoms with Gasteiger partial charge in [0.2, 0.25) is 11.8 Å². The minimum Gasteiger partial charge on any atom is -0.358 e. The molecule has 24 heavy (non-hydrogen) atoms. The normalized spacial score (nSPS) is 23.9. The van der Waals surface area contributed by atoms with Crippen LogP contribution in [-0.2, 0) is 20.8 Å². The zero-order valence-electron chi connectivity index (χ0n) is 12.5. The Kier molecular flexibility index (Phi) is 3.12. The Hall–Kier alpha value is -3.16. The molecule has 0 spiro atoms. The molecule has 2 fully saturated rings. The lowest BCUT2D eigenvalue weighted by atomic mass is 10.1. The molecule has 0 saturated carbocycles. The molecule has 2 aliphatic rings. The highest BCUT2D eigenvalue weighted by molar-refractivity contribution is 6.13. The van der Waals surface area contributed by atoms with Gasteiger partial charge in [-0.25, -0.2) is 9.69 Å². The van der Waals surface area contributed by atoms with Crippen LogP contribution in [0.2, 0.25) is 0 Å². The summed E-state index contributed by atoms with van der Waals surface area (Å²) in [6.45, 7) is 0. The number of imide groups is 2. The Morgan fingerprint density at radius 2 is 1.92 bits per heavy atom. The number of H-pyrrole nitrogens is 1. The quantitative estimate of drug-likeness (QED) is 0.546. The molecule has 2 aliphatic heterocycles. The van der Waals surface area contributed by atoms with Crippen molar-refractivity contribution in [3.63, 3.8) is 0 Å². The number of nitrogens with one attached hydrogen (secondary N) is 3. The van der Waals surface area contributed by atoms with Crippen molar-refractivity contribution < 1.29 is 19.2 Å². The summed E-state index contributed by atoms with van der Waals surface area (Å²) in [5.74, 6) is -1.59. The van der Waals surface area contributed by atoms with Gasteiger partial charge in [0.25, 0.3) is 5.91 Å². The van der Waals surface area contributed by atoms with Crippen molar-refractivity contribution in [1.29, 1.82) is 0 Å². The van der Waals surface area contributed by atoms with E-state index >= 15 is 0 Å². The van der Waals surface area contributed by atoms with E-state index in [1.54, 1.807) is 0 Å². The third-order valence-corrected chi connectivity index (χ3v) is 4.32. The summed E-state index contributed by atoms with van der Waals surface area (Å²) in [6, 6.07) is 7.16. The summed E-state index contributed by atoms with van der Waals surface area (Å²) in [4.78, 5) is 51.7. The van der Waals surface area contributed by atoms with Crippen molar-refractivity contribution >= 4 is 34.7 Å². The van der Waals surface area contributed by atoms with Crippen molar-refractivity contribution in [2.24, 2.45) is 0 Å². The fourth-order valence-corrected chi connectivity index (χ4v) is 3.19. The number of benzene rings is 1. The molecule has 2 aromatic rings. The highest BCUT2D eigenvalue weighted by atomic mass is 16.2. The largest absolute Gasteiger partial charge is 0.358 e. The Labute approximate surface area is 136 Å². The third-order valence-electron chi connectivity index (χ3n) is 4.32. The molecule has 0 unspecified atom stereocenters. The Balaban J connectivity index is 1.55. The average molecular weight is 326 g/mol. The van der Waals surface area contributed by atoms with Crippen LogP contribution in [0.25, 0.3) is 10.9 Å². The topological polar surface area (TPSA) is 111 Å². The van der Waals surface area contributed by atoms with E-state index in [2.05, 4.69) is 15.6 Å². The second-order valence-electron chi connectivity index (χ2n) is 5.93. The van der Waals surface area contributed by atoms with Crippen LogP contribution in [0.5, 0.6) is 0 Å². The number of carbonyl (C=O) groups excluding carboxylic acids is 4. The molecular formula is C16H14N4O4. The van der Waals surface area contributed by atoms with Gasteiger partial charge < -0.3 is 10.3 Å². The lowest BCUT2D eigenvalue weighted by Crippen LogP contribution is -2.45. The summed E-state index contributed by atoms with van der Waals surface area (Å²) in [7, 11) is 0. The van der Waals surface area contributed by atoms with Gasteiger partial charge in [-0.3, -0.25) is 19.7 Å². The number of urea groups is 1. The van der Waals surface area contributed by atoms with Crippen molar-refractivity contribution in [2.45, 2.75) is 24.9 Å². The van der Waals surface area contributed by atoms with Crippen LogP contribution in [0.15, 0.2) is 30.3 Å². The molecule has 8 nitrogen and oxygen atoms in total. The van der Waals surface area contributed by atoms with Crippen LogP contribution in [0, 0.1) is 0 Å². The Morgan fingerprint density at radius 3 is 2.62 bits per heavy atom. The number of nitrogens with zero attached hydrogens (tertiary/aromatic N) is 1. The maximum Gasteiger partial charge on any atom is 0.325 e. The van der Waals surface area contributed by atoms with Crippen molar-refractivity contribution in [3.05, 3.63) is 36.0 Å². The van der Waals surface area contributed by atoms with E-state index in [1.807, 2.05) is 30.3 Å². The average Bonchev–Trinajstić information content (AvgIpc) is 3.16. The van der Waals surface area contributed by atoms with E-state index in [0.717, 1.165) is 21.5 Å². The van der Waals surface area contributed by atoms with Gasteiger partial charge in [-0.15, -0.1) is 0 Å². The minimum atomic E-state index is -1.06. The van der Waals surface area contributed by atoms with Gasteiger partial charge in [0, 0.05) is 17.6 Å². The van der Waals surface area contributed by atoms with Crippen LogP contribution in [-0.4, -0.2) is 45.7 Å². The zero-order chi connectivity index (χ0) is 16.8. The molecule has 4 rings (SSSR count). The summed E-state index contributed by atoms with van der Waals surface area (Å²) in [5.41, 5.74) is 1.76. The van der Waals surface area contributed by atoms with Gasteiger partial charge in [0.1, 0.15) is 12.1 Å². The highest BCUT2D eigenvalue weighted by Crippen LogP contribution is 2.21. The minimum absolute atomic E-state index is 0.183. The first kappa shape index (κ1) is 14.4. The number of hydrogen-bond acceptors (Lipinski definition) is 4. The molecule has 1 aromatic carbocycles. The molecule has 2 atom stereocenters. The van der Waals surface area contributed by atoms with Gasteiger partial charge in [0.15, 0.2) is 0 Å². The molecule has 3 heterocycles. The summed E-state index contributed by atoms with van der Waals surface area (Å²) < 4.78 is 0. The molecule has 3 N–H and O–H groups in total. The third kappa shape index (κ3) is 2.23. The molecule has 0 radical (unpaired) electrons. The number of para-hydroxylation sites is 1. The lowest BCUT2D eigenvalue weighted by molar-refractivity contribution is -0.134. The number of carbonyl (C=O) groups is 4. The van der Waals surface area contributed by atoms with Gasteiger partial charge in [-0.2, -0.15) is 0 Å². The number of amides is 5. The number of rotatable bonds is 3. The predicted octanol–water partition coefficient (Wildman–Crippen LogP) is 0.0459. The SMILES string of the molecule is O=C1C[C@@H](N2C(=O)N[C@@H](Cc3cc4ccccc4[nH]3)C2=O)C(=O)N1. The standard InChI is InChI=1S/C16H14N4O4/c21-13-7-12(14(22)19-13)20-15(23)11(18-16(20)24)6-9-5-8-3-1-2-4-10(8)17-9/h1-5,11-12,17H,6-7H2,(H,18,24)(H,19,21,22)/t11-,12+/m0/s1. The molecule has 0 aliphatic carbocycles. The maximum atomic E-state index is 12.5. The lowest BCUT2D eigenvalue weighted by Gasteiger charge is -2.17. The molecule has 122 valence electrons. The van der Waals surface area contributed by atoms with Crippen LogP contribution in [0.1, 0.15) is 12.1 Å². The predicted molar refractivity (Wildman–Crippen MR) is 82.7 cm³/mol. The van der Waals surface area contributed by atoms with Gasteiger partial charge in [-0.05, 0) is 17.5 Å². The molecule has 8 heteroatoms. The van der Waals surface area contributed by atoms with Crippen LogP contribution in [0.3, 0.4) is 0 Å². The smallest absolute Gasteiger partial charge is 0.325 e. The number of aromatic nitrogens is 1. The molecule has 0 bridgehead atoms. The van der Waals surface area contributed by atoms with E-state index < -0.39 is 35.8 Å². The van der Waals surface area contributed by atoms with Gasteiger partial charge in [0.05, 0.1) is 6.42 Å². The number of fused-ring (bicyclic) bond motifs is 1. The fraction of sp³-hybridized carbons (Fsp3) is 0.250. The number of aromatic amines is 1. The summed E-state index contributed by atoms with van der Waals surface area (Å²) in [5, 5.41) is 5.71. The first-order valence-corrected chi connectivity index (χ1v) is 7.57. The van der Waals surface area contributed by atoms with Gasteiger partial charge >= 0.3 is 6.03 Å². The van der Waals surface area contributed by atoms with Crippen molar-refractivity contribution in [3.8, 4) is 0 Å². The second kappa shape index (κ2) is 5.19. The zero-order valence-corrected chi connectivity index (χ0v) is 12.5. The molecule has 5 amide bonds. The highest BCUT2D eigenvalue weighted by Gasteiger charge is 2.47. The van der Waals surface area contributed by atoms with Crippen molar-refractivity contribution in [2.75, 3.05) is 0 Å².